The molecule has 0 radical (unpaired) electrons. The number of hydrogen-bond acceptors (Lipinski definition) is 4. The Morgan fingerprint density at radius 1 is 1.10 bits per heavy atom. The van der Waals surface area contributed by atoms with Gasteiger partial charge in [0.2, 0.25) is 15.9 Å². The highest BCUT2D eigenvalue weighted by molar-refractivity contribution is 7.98. The molecule has 0 saturated carbocycles. The molecule has 166 valence electrons. The van der Waals surface area contributed by atoms with E-state index in [2.05, 4.69) is 21.1 Å². The fourth-order valence-corrected chi connectivity index (χ4v) is 4.88. The van der Waals surface area contributed by atoms with Crippen molar-refractivity contribution in [3.05, 3.63) is 71.9 Å². The number of benzene rings is 2. The second-order valence-corrected chi connectivity index (χ2v) is 10.4. The van der Waals surface area contributed by atoms with E-state index >= 15 is 0 Å². The first-order chi connectivity index (χ1) is 14.9. The molecule has 0 fully saturated rings. The summed E-state index contributed by atoms with van der Waals surface area (Å²) in [5.74, 6) is 0.268. The van der Waals surface area contributed by atoms with Crippen LogP contribution in [0.3, 0.4) is 0 Å². The predicted octanol–water partition coefficient (Wildman–Crippen LogP) is 3.48. The minimum atomic E-state index is -3.48. The fraction of sp³-hybridized carbons (Fsp3) is 0.348. The summed E-state index contributed by atoms with van der Waals surface area (Å²) >= 11 is 1.58. The first-order valence-electron chi connectivity index (χ1n) is 10.3. The molecule has 3 aromatic rings. The highest BCUT2D eigenvalue weighted by atomic mass is 32.2. The first-order valence-corrected chi connectivity index (χ1v) is 13.4. The maximum absolute atomic E-state index is 13.0. The first kappa shape index (κ1) is 23.4. The van der Waals surface area contributed by atoms with Crippen LogP contribution in [-0.4, -0.2) is 49.7 Å². The molecule has 31 heavy (non-hydrogen) atoms. The van der Waals surface area contributed by atoms with Crippen LogP contribution in [0.15, 0.2) is 60.8 Å². The van der Waals surface area contributed by atoms with Gasteiger partial charge in [-0.15, -0.1) is 0 Å². The molecule has 0 aliphatic rings. The Morgan fingerprint density at radius 3 is 2.52 bits per heavy atom. The SMILES string of the molecule is CCS(=O)(=O)NC(CCSC)C(=O)NCC(c1ccccc1)c1c[nH]c2ccccc12. The van der Waals surface area contributed by atoms with Crippen molar-refractivity contribution in [3.8, 4) is 0 Å². The number of thioether (sulfide) groups is 1. The summed E-state index contributed by atoms with van der Waals surface area (Å²) < 4.78 is 26.7. The summed E-state index contributed by atoms with van der Waals surface area (Å²) in [6, 6.07) is 17.3. The lowest BCUT2D eigenvalue weighted by molar-refractivity contribution is -0.122. The summed E-state index contributed by atoms with van der Waals surface area (Å²) in [7, 11) is -3.48. The Balaban J connectivity index is 1.83. The number of amides is 1. The van der Waals surface area contributed by atoms with E-state index in [1.807, 2.05) is 61.0 Å². The lowest BCUT2D eigenvalue weighted by Crippen LogP contribution is -2.48. The third-order valence-electron chi connectivity index (χ3n) is 5.31. The molecule has 6 nitrogen and oxygen atoms in total. The summed E-state index contributed by atoms with van der Waals surface area (Å²) in [6.07, 6.45) is 4.36. The number of carbonyl (C=O) groups is 1. The van der Waals surface area contributed by atoms with E-state index in [0.717, 1.165) is 22.0 Å². The van der Waals surface area contributed by atoms with Gasteiger partial charge < -0.3 is 10.3 Å². The van der Waals surface area contributed by atoms with Crippen molar-refractivity contribution in [1.82, 2.24) is 15.0 Å². The molecule has 8 heteroatoms. The zero-order chi connectivity index (χ0) is 22.3. The Morgan fingerprint density at radius 2 is 1.81 bits per heavy atom. The second-order valence-electron chi connectivity index (χ2n) is 7.35. The molecule has 0 spiro atoms. The molecule has 2 unspecified atom stereocenters. The standard InChI is InChI=1S/C23H29N3O3S2/c1-3-31(28,29)26-22(13-14-30-2)23(27)25-15-19(17-9-5-4-6-10-17)20-16-24-21-12-8-7-11-18(20)21/h4-12,16,19,22,24,26H,3,13-15H2,1-2H3,(H,25,27). The van der Waals surface area contributed by atoms with Gasteiger partial charge in [-0.1, -0.05) is 48.5 Å². The van der Waals surface area contributed by atoms with Crippen molar-refractivity contribution in [2.45, 2.75) is 25.3 Å². The summed E-state index contributed by atoms with van der Waals surface area (Å²) in [6.45, 7) is 1.93. The van der Waals surface area contributed by atoms with Gasteiger partial charge in [-0.3, -0.25) is 4.79 Å². The summed E-state index contributed by atoms with van der Waals surface area (Å²) in [5.41, 5.74) is 3.22. The average molecular weight is 460 g/mol. The van der Waals surface area contributed by atoms with Gasteiger partial charge in [0.15, 0.2) is 0 Å². The molecule has 2 atom stereocenters. The Bertz CT molecular complexity index is 1100. The Kier molecular flexibility index (Phi) is 8.17. The van der Waals surface area contributed by atoms with Crippen molar-refractivity contribution in [3.63, 3.8) is 0 Å². The Labute approximate surface area is 188 Å². The van der Waals surface area contributed by atoms with Gasteiger partial charge in [0.1, 0.15) is 6.04 Å². The van der Waals surface area contributed by atoms with E-state index in [-0.39, 0.29) is 17.6 Å². The molecule has 3 N–H and O–H groups in total. The molecule has 3 rings (SSSR count). The van der Waals surface area contributed by atoms with Gasteiger partial charge in [0.25, 0.3) is 0 Å². The van der Waals surface area contributed by atoms with Gasteiger partial charge in [0, 0.05) is 29.6 Å². The largest absolute Gasteiger partial charge is 0.361 e. The topological polar surface area (TPSA) is 91.1 Å². The van der Waals surface area contributed by atoms with E-state index in [4.69, 9.17) is 0 Å². The van der Waals surface area contributed by atoms with Crippen LogP contribution in [0.4, 0.5) is 0 Å². The molecule has 1 heterocycles. The lowest BCUT2D eigenvalue weighted by atomic mass is 9.91. The monoisotopic (exact) mass is 459 g/mol. The van der Waals surface area contributed by atoms with Gasteiger partial charge in [-0.2, -0.15) is 11.8 Å². The molecule has 2 aromatic carbocycles. The average Bonchev–Trinajstić information content (AvgIpc) is 3.21. The van der Waals surface area contributed by atoms with E-state index in [9.17, 15) is 13.2 Å². The normalized spacial score (nSPS) is 13.7. The van der Waals surface area contributed by atoms with Crippen LogP contribution in [0.5, 0.6) is 0 Å². The molecule has 0 aliphatic heterocycles. The number of aromatic nitrogens is 1. The predicted molar refractivity (Wildman–Crippen MR) is 129 cm³/mol. The highest BCUT2D eigenvalue weighted by Gasteiger charge is 2.25. The molecule has 1 amide bonds. The van der Waals surface area contributed by atoms with Crippen molar-refractivity contribution in [2.75, 3.05) is 24.3 Å². The number of hydrogen-bond donors (Lipinski definition) is 3. The van der Waals surface area contributed by atoms with Gasteiger partial charge in [-0.25, -0.2) is 13.1 Å². The molecule has 0 aliphatic carbocycles. The number of nitrogens with one attached hydrogen (secondary N) is 3. The van der Waals surface area contributed by atoms with E-state index in [1.54, 1.807) is 18.7 Å². The van der Waals surface area contributed by atoms with Crippen molar-refractivity contribution in [2.24, 2.45) is 0 Å². The maximum atomic E-state index is 13.0. The molecule has 0 saturated heterocycles. The van der Waals surface area contributed by atoms with Gasteiger partial charge in [0.05, 0.1) is 5.75 Å². The van der Waals surface area contributed by atoms with Crippen LogP contribution in [0.2, 0.25) is 0 Å². The number of rotatable bonds is 11. The smallest absolute Gasteiger partial charge is 0.238 e. The second kappa shape index (κ2) is 10.8. The van der Waals surface area contributed by atoms with Crippen LogP contribution in [0.1, 0.15) is 30.4 Å². The minimum absolute atomic E-state index is 0.0575. The highest BCUT2D eigenvalue weighted by Crippen LogP contribution is 2.30. The van der Waals surface area contributed by atoms with Crippen LogP contribution >= 0.6 is 11.8 Å². The van der Waals surface area contributed by atoms with E-state index in [0.29, 0.717) is 18.7 Å². The molecular formula is C23H29N3O3S2. The summed E-state index contributed by atoms with van der Waals surface area (Å²) in [5, 5.41) is 4.11. The third kappa shape index (κ3) is 6.12. The quantitative estimate of drug-likeness (QED) is 0.409. The van der Waals surface area contributed by atoms with Crippen LogP contribution < -0.4 is 10.0 Å². The third-order valence-corrected chi connectivity index (χ3v) is 7.36. The van der Waals surface area contributed by atoms with Crippen molar-refractivity contribution < 1.29 is 13.2 Å². The maximum Gasteiger partial charge on any atom is 0.238 e. The van der Waals surface area contributed by atoms with Gasteiger partial charge in [-0.05, 0) is 42.5 Å². The number of carbonyl (C=O) groups excluding carboxylic acids is 1. The summed E-state index contributed by atoms with van der Waals surface area (Å²) in [4.78, 5) is 16.3. The van der Waals surface area contributed by atoms with Crippen molar-refractivity contribution >= 4 is 38.6 Å². The fourth-order valence-electron chi connectivity index (χ4n) is 3.58. The molecular weight excluding hydrogens is 430 g/mol. The molecule has 0 bridgehead atoms. The number of H-pyrrole nitrogens is 1. The van der Waals surface area contributed by atoms with Gasteiger partial charge >= 0.3 is 0 Å². The van der Waals surface area contributed by atoms with Crippen LogP contribution in [0.25, 0.3) is 10.9 Å². The number of fused-ring (bicyclic) bond motifs is 1. The number of aromatic amines is 1. The number of sulfonamides is 1. The molecule has 1 aromatic heterocycles. The zero-order valence-corrected chi connectivity index (χ0v) is 19.4. The number of para-hydroxylation sites is 1. The minimum Gasteiger partial charge on any atom is -0.361 e. The van der Waals surface area contributed by atoms with Crippen LogP contribution in [0, 0.1) is 0 Å². The lowest BCUT2D eigenvalue weighted by Gasteiger charge is -2.22. The van der Waals surface area contributed by atoms with E-state index < -0.39 is 16.1 Å². The van der Waals surface area contributed by atoms with Crippen LogP contribution in [-0.2, 0) is 14.8 Å². The zero-order valence-electron chi connectivity index (χ0n) is 17.8. The Hall–Kier alpha value is -2.29. The van der Waals surface area contributed by atoms with Crippen molar-refractivity contribution in [1.29, 1.82) is 0 Å². The van der Waals surface area contributed by atoms with E-state index in [1.165, 1.54) is 0 Å².